The number of hydrogen-bond donors (Lipinski definition) is 1. The fourth-order valence-electron chi connectivity index (χ4n) is 2.84. The molecule has 2 aliphatic rings. The van der Waals surface area contributed by atoms with E-state index in [1.807, 2.05) is 0 Å². The van der Waals surface area contributed by atoms with Gasteiger partial charge >= 0.3 is 6.16 Å². The Kier molecular flexibility index (Phi) is 4.41. The lowest BCUT2D eigenvalue weighted by Gasteiger charge is -2.36. The zero-order valence-electron chi connectivity index (χ0n) is 12.5. The molecule has 1 N–H and O–H groups in total. The molecule has 1 aromatic rings. The first-order valence-electron chi connectivity index (χ1n) is 7.23. The molecule has 1 aromatic carbocycles. The predicted molar refractivity (Wildman–Crippen MR) is 84.4 cm³/mol. The molecule has 1 saturated heterocycles. The van der Waals surface area contributed by atoms with Crippen LogP contribution < -0.4 is 0 Å². The van der Waals surface area contributed by atoms with Crippen LogP contribution >= 0.6 is 11.6 Å². The minimum Gasteiger partial charge on any atom is -0.449 e. The van der Waals surface area contributed by atoms with Crippen molar-refractivity contribution in [2.24, 2.45) is 5.16 Å². The number of ether oxygens (including phenoxy) is 1. The van der Waals surface area contributed by atoms with Crippen LogP contribution in [-0.2, 0) is 19.6 Å². The van der Waals surface area contributed by atoms with Gasteiger partial charge in [0, 0.05) is 25.9 Å². The van der Waals surface area contributed by atoms with Crippen molar-refractivity contribution in [1.82, 2.24) is 4.31 Å². The van der Waals surface area contributed by atoms with E-state index in [0.717, 1.165) is 0 Å². The van der Waals surface area contributed by atoms with Crippen molar-refractivity contribution in [3.05, 3.63) is 29.3 Å². The summed E-state index contributed by atoms with van der Waals surface area (Å²) in [5, 5.41) is 12.4. The lowest BCUT2D eigenvalue weighted by molar-refractivity contribution is -0.0506. The summed E-state index contributed by atoms with van der Waals surface area (Å²) in [6.07, 6.45) is -0.480. The van der Waals surface area contributed by atoms with Crippen molar-refractivity contribution in [3.63, 3.8) is 0 Å². The second kappa shape index (κ2) is 6.23. The number of oxime groups is 1. The highest BCUT2D eigenvalue weighted by molar-refractivity contribution is 7.89. The molecule has 1 fully saturated rings. The summed E-state index contributed by atoms with van der Waals surface area (Å²) in [5.74, 6) is -0.00934. The van der Waals surface area contributed by atoms with Crippen molar-refractivity contribution >= 4 is 33.7 Å². The first-order chi connectivity index (χ1) is 11.3. The average Bonchev–Trinajstić information content (AvgIpc) is 2.89. The van der Waals surface area contributed by atoms with Gasteiger partial charge in [0.25, 0.3) is 0 Å². The maximum absolute atomic E-state index is 12.7. The second-order valence-corrected chi connectivity index (χ2v) is 7.95. The van der Waals surface area contributed by atoms with Gasteiger partial charge in [-0.05, 0) is 12.1 Å². The summed E-state index contributed by atoms with van der Waals surface area (Å²) in [6, 6.07) is 6.28. The standard InChI is InChI=1S/C14H15ClN2O6S/c15-10-3-1-2-4-11(10)24(20,21)17-7-5-14(6-8-17)9-12(16-23-14)22-13(18)19/h1-4H,5-9H2,(H,18,19). The lowest BCUT2D eigenvalue weighted by Crippen LogP contribution is -2.46. The van der Waals surface area contributed by atoms with Crippen molar-refractivity contribution in [1.29, 1.82) is 0 Å². The Hall–Kier alpha value is -1.84. The molecule has 8 nitrogen and oxygen atoms in total. The number of nitrogens with zero attached hydrogens (tertiary/aromatic N) is 2. The van der Waals surface area contributed by atoms with E-state index >= 15 is 0 Å². The van der Waals surface area contributed by atoms with Gasteiger partial charge in [-0.15, -0.1) is 0 Å². The normalized spacial score (nSPS) is 20.5. The molecule has 0 amide bonds. The van der Waals surface area contributed by atoms with Crippen molar-refractivity contribution in [2.45, 2.75) is 29.8 Å². The fraction of sp³-hybridized carbons (Fsp3) is 0.429. The Balaban J connectivity index is 1.68. The van der Waals surface area contributed by atoms with E-state index in [2.05, 4.69) is 9.89 Å². The summed E-state index contributed by atoms with van der Waals surface area (Å²) in [7, 11) is -3.69. The van der Waals surface area contributed by atoms with E-state index in [1.165, 1.54) is 16.4 Å². The van der Waals surface area contributed by atoms with Crippen LogP contribution in [0.1, 0.15) is 19.3 Å². The van der Waals surface area contributed by atoms with Gasteiger partial charge in [-0.25, -0.2) is 13.2 Å². The number of hydrogen-bond acceptors (Lipinski definition) is 6. The van der Waals surface area contributed by atoms with Gasteiger partial charge in [0.05, 0.1) is 11.4 Å². The summed E-state index contributed by atoms with van der Waals surface area (Å²) < 4.78 is 31.2. The third-order valence-electron chi connectivity index (χ3n) is 4.11. The monoisotopic (exact) mass is 374 g/mol. The molecule has 3 rings (SSSR count). The largest absolute Gasteiger partial charge is 0.512 e. The minimum atomic E-state index is -3.69. The van der Waals surface area contributed by atoms with Gasteiger partial charge in [-0.2, -0.15) is 4.31 Å². The zero-order chi connectivity index (χ0) is 17.4. The number of rotatable bonds is 2. The first kappa shape index (κ1) is 17.0. The van der Waals surface area contributed by atoms with Crippen LogP contribution in [0.2, 0.25) is 5.02 Å². The van der Waals surface area contributed by atoms with Crippen molar-refractivity contribution in [3.8, 4) is 0 Å². The summed E-state index contributed by atoms with van der Waals surface area (Å²) in [5.41, 5.74) is -0.711. The quantitative estimate of drug-likeness (QED) is 0.796. The number of carboxylic acid groups (broad SMARTS) is 1. The van der Waals surface area contributed by atoms with Gasteiger partial charge in [0.2, 0.25) is 15.9 Å². The van der Waals surface area contributed by atoms with Crippen molar-refractivity contribution < 1.29 is 27.9 Å². The molecule has 130 valence electrons. The molecule has 0 unspecified atom stereocenters. The highest BCUT2D eigenvalue weighted by atomic mass is 35.5. The maximum Gasteiger partial charge on any atom is 0.512 e. The van der Waals surface area contributed by atoms with Gasteiger partial charge in [0.1, 0.15) is 10.5 Å². The number of halogens is 1. The van der Waals surface area contributed by atoms with Crippen LogP contribution in [0, 0.1) is 0 Å². The zero-order valence-corrected chi connectivity index (χ0v) is 14.1. The van der Waals surface area contributed by atoms with E-state index in [0.29, 0.717) is 12.8 Å². The van der Waals surface area contributed by atoms with Gasteiger partial charge < -0.3 is 14.7 Å². The summed E-state index contributed by atoms with van der Waals surface area (Å²) in [6.45, 7) is 0.451. The highest BCUT2D eigenvalue weighted by Gasteiger charge is 2.45. The van der Waals surface area contributed by atoms with E-state index in [-0.39, 0.29) is 35.3 Å². The molecular formula is C14H15ClN2O6S. The van der Waals surface area contributed by atoms with Gasteiger partial charge in [-0.3, -0.25) is 0 Å². The van der Waals surface area contributed by atoms with Crippen LogP contribution in [0.4, 0.5) is 4.79 Å². The Morgan fingerprint density at radius 1 is 1.33 bits per heavy atom. The number of sulfonamides is 1. The van der Waals surface area contributed by atoms with Crippen LogP contribution in [0.3, 0.4) is 0 Å². The van der Waals surface area contributed by atoms with Crippen LogP contribution in [0.5, 0.6) is 0 Å². The van der Waals surface area contributed by atoms with Crippen LogP contribution in [0.15, 0.2) is 34.3 Å². The van der Waals surface area contributed by atoms with E-state index in [1.54, 1.807) is 12.1 Å². The molecule has 1 spiro atoms. The molecule has 0 aromatic heterocycles. The molecule has 0 aliphatic carbocycles. The van der Waals surface area contributed by atoms with E-state index < -0.39 is 21.8 Å². The topological polar surface area (TPSA) is 106 Å². The molecule has 2 heterocycles. The number of benzene rings is 1. The maximum atomic E-state index is 12.7. The fourth-order valence-corrected chi connectivity index (χ4v) is 4.77. The SMILES string of the molecule is O=C(O)OC1=NOC2(CCN(S(=O)(=O)c3ccccc3Cl)CC2)C1. The third-order valence-corrected chi connectivity index (χ3v) is 6.51. The Bertz CT molecular complexity index is 786. The Morgan fingerprint density at radius 3 is 2.62 bits per heavy atom. The lowest BCUT2D eigenvalue weighted by atomic mass is 9.89. The number of carbonyl (C=O) groups is 1. The molecule has 0 bridgehead atoms. The Morgan fingerprint density at radius 2 is 2.00 bits per heavy atom. The Labute approximate surface area is 143 Å². The average molecular weight is 375 g/mol. The van der Waals surface area contributed by atoms with Gasteiger partial charge in [-0.1, -0.05) is 28.9 Å². The summed E-state index contributed by atoms with van der Waals surface area (Å²) >= 11 is 6.00. The minimum absolute atomic E-state index is 0.00934. The number of piperidine rings is 1. The van der Waals surface area contributed by atoms with E-state index in [9.17, 15) is 13.2 Å². The summed E-state index contributed by atoms with van der Waals surface area (Å²) in [4.78, 5) is 15.9. The molecule has 24 heavy (non-hydrogen) atoms. The molecular weight excluding hydrogens is 360 g/mol. The molecule has 0 radical (unpaired) electrons. The van der Waals surface area contributed by atoms with Crippen LogP contribution in [-0.4, -0.2) is 48.6 Å². The molecule has 2 aliphatic heterocycles. The second-order valence-electron chi connectivity index (χ2n) is 5.64. The smallest absolute Gasteiger partial charge is 0.449 e. The predicted octanol–water partition coefficient (Wildman–Crippen LogP) is 2.29. The molecule has 0 atom stereocenters. The molecule has 0 saturated carbocycles. The van der Waals surface area contributed by atoms with E-state index in [4.69, 9.17) is 21.5 Å². The van der Waals surface area contributed by atoms with Crippen LogP contribution in [0.25, 0.3) is 0 Å². The van der Waals surface area contributed by atoms with Crippen molar-refractivity contribution in [2.75, 3.05) is 13.1 Å². The first-order valence-corrected chi connectivity index (χ1v) is 9.05. The third kappa shape index (κ3) is 3.19. The van der Waals surface area contributed by atoms with Gasteiger partial charge in [0.15, 0.2) is 0 Å². The highest BCUT2D eigenvalue weighted by Crippen LogP contribution is 2.37. The molecule has 10 heteroatoms.